The van der Waals surface area contributed by atoms with Crippen LogP contribution in [0.1, 0.15) is 98.8 Å². The van der Waals surface area contributed by atoms with Crippen molar-refractivity contribution in [2.75, 3.05) is 12.4 Å². The van der Waals surface area contributed by atoms with Crippen molar-refractivity contribution >= 4 is 12.1 Å². The van der Waals surface area contributed by atoms with Crippen molar-refractivity contribution in [2.24, 2.45) is 46.3 Å². The lowest BCUT2D eigenvalue weighted by Crippen LogP contribution is -2.66. The van der Waals surface area contributed by atoms with Crippen LogP contribution >= 0.6 is 12.1 Å². The van der Waals surface area contributed by atoms with Gasteiger partial charge in [0.25, 0.3) is 0 Å². The smallest absolute Gasteiger partial charge is 0.0746 e. The molecule has 0 amide bonds. The first-order valence-electron chi connectivity index (χ1n) is 13.2. The normalized spacial score (nSPS) is 48.2. The Hall–Kier alpha value is 0.200. The predicted octanol–water partition coefficient (Wildman–Crippen LogP) is 7.45. The van der Waals surface area contributed by atoms with Gasteiger partial charge < -0.3 is 9.84 Å². The van der Waals surface area contributed by atoms with Gasteiger partial charge in [-0.1, -0.05) is 47.0 Å². The quantitative estimate of drug-likeness (QED) is 0.433. The summed E-state index contributed by atoms with van der Waals surface area (Å²) in [5.74, 6) is 4.83. The van der Waals surface area contributed by atoms with Crippen molar-refractivity contribution in [1.82, 2.24) is 0 Å². The summed E-state index contributed by atoms with van der Waals surface area (Å²) in [5.41, 5.74) is -0.0641. The van der Waals surface area contributed by atoms with E-state index in [0.29, 0.717) is 41.6 Å². The molecule has 4 aliphatic rings. The lowest BCUT2D eigenvalue weighted by Gasteiger charge is -2.65. The molecular weight excluding hydrogens is 407 g/mol. The van der Waals surface area contributed by atoms with E-state index in [2.05, 4.69) is 34.6 Å². The highest BCUT2D eigenvalue weighted by Crippen LogP contribution is 2.68. The lowest BCUT2D eigenvalue weighted by atomic mass is 9.46. The van der Waals surface area contributed by atoms with E-state index in [-0.39, 0.29) is 17.1 Å². The molecule has 4 fully saturated rings. The molecule has 3 saturated carbocycles. The average Bonchev–Trinajstić information content (AvgIpc) is 3.05. The van der Waals surface area contributed by atoms with E-state index in [1.54, 1.807) is 0 Å². The molecule has 0 radical (unpaired) electrons. The highest BCUT2D eigenvalue weighted by Gasteiger charge is 2.66. The van der Waals surface area contributed by atoms with E-state index in [9.17, 15) is 8.99 Å². The molecule has 4 heteroatoms. The van der Waals surface area contributed by atoms with Gasteiger partial charge in [-0.3, -0.25) is 0 Å². The van der Waals surface area contributed by atoms with Gasteiger partial charge in [0.05, 0.1) is 18.3 Å². The summed E-state index contributed by atoms with van der Waals surface area (Å²) < 4.78 is 20.5. The molecule has 1 N–H and O–H groups in total. The van der Waals surface area contributed by atoms with Crippen LogP contribution in [0.25, 0.3) is 0 Å². The zero-order valence-electron chi connectivity index (χ0n) is 20.7. The molecule has 2 nitrogen and oxygen atoms in total. The maximum atomic E-state index is 13.9. The van der Waals surface area contributed by atoms with E-state index in [1.807, 2.05) is 0 Å². The van der Waals surface area contributed by atoms with Gasteiger partial charge in [0, 0.05) is 29.7 Å². The zero-order valence-corrected chi connectivity index (χ0v) is 21.5. The molecule has 1 heterocycles. The molecule has 0 bridgehead atoms. The topological polar surface area (TPSA) is 29.5 Å². The Labute approximate surface area is 195 Å². The number of aliphatic hydroxyl groups excluding tert-OH is 1. The summed E-state index contributed by atoms with van der Waals surface area (Å²) in [7, 11) is 0. The van der Waals surface area contributed by atoms with Crippen LogP contribution in [0, 0.1) is 46.3 Å². The van der Waals surface area contributed by atoms with E-state index < -0.39 is 0 Å². The highest BCUT2D eigenvalue weighted by atomic mass is 32.2. The number of hydrogen-bond acceptors (Lipinski definition) is 3. The Morgan fingerprint density at radius 2 is 1.81 bits per heavy atom. The van der Waals surface area contributed by atoms with Gasteiger partial charge in [0.1, 0.15) is 0 Å². The van der Waals surface area contributed by atoms with Crippen LogP contribution in [0.2, 0.25) is 0 Å². The van der Waals surface area contributed by atoms with Crippen molar-refractivity contribution in [2.45, 2.75) is 111 Å². The second-order valence-corrected chi connectivity index (χ2v) is 13.3. The minimum atomic E-state index is -0.374. The summed E-state index contributed by atoms with van der Waals surface area (Å²) in [6.45, 7) is 12.8. The maximum Gasteiger partial charge on any atom is 0.0746 e. The van der Waals surface area contributed by atoms with Crippen LogP contribution in [-0.2, 0) is 4.74 Å². The second-order valence-electron chi connectivity index (χ2n) is 12.8. The first kappa shape index (κ1) is 24.3. The van der Waals surface area contributed by atoms with E-state index in [0.717, 1.165) is 43.1 Å². The number of fused-ring (bicyclic) bond motifs is 5. The van der Waals surface area contributed by atoms with Gasteiger partial charge in [-0.05, 0) is 86.4 Å². The van der Waals surface area contributed by atoms with Crippen molar-refractivity contribution < 1.29 is 13.7 Å². The van der Waals surface area contributed by atoms with Crippen LogP contribution in [0.3, 0.4) is 0 Å². The monoisotopic (exact) mass is 454 g/mol. The predicted molar refractivity (Wildman–Crippen MR) is 129 cm³/mol. The summed E-state index contributed by atoms with van der Waals surface area (Å²) in [6.07, 6.45) is 11.4. The van der Waals surface area contributed by atoms with Crippen molar-refractivity contribution in [3.05, 3.63) is 0 Å². The molecule has 3 aliphatic carbocycles. The first-order chi connectivity index (χ1) is 14.7. The summed E-state index contributed by atoms with van der Waals surface area (Å²) >= 11 is 0.520. The van der Waals surface area contributed by atoms with Crippen molar-refractivity contribution in [3.63, 3.8) is 0 Å². The SMILES string of the molecule is CC(C)CCCC(C)C1CCC2C3COC4(C)CC(O)CC[C@]4(CSF)C3CCC12C. The van der Waals surface area contributed by atoms with Gasteiger partial charge in [0.2, 0.25) is 0 Å². The van der Waals surface area contributed by atoms with Crippen LogP contribution in [0.4, 0.5) is 3.89 Å². The van der Waals surface area contributed by atoms with Gasteiger partial charge in [-0.25, -0.2) is 0 Å². The summed E-state index contributed by atoms with van der Waals surface area (Å²) in [4.78, 5) is 0. The molecule has 180 valence electrons. The fourth-order valence-electron chi connectivity index (χ4n) is 9.16. The number of halogens is 1. The second kappa shape index (κ2) is 9.10. The maximum absolute atomic E-state index is 13.9. The van der Waals surface area contributed by atoms with E-state index in [4.69, 9.17) is 4.74 Å². The fraction of sp³-hybridized carbons (Fsp3) is 1.00. The lowest BCUT2D eigenvalue weighted by molar-refractivity contribution is -0.259. The Kier molecular flexibility index (Phi) is 7.14. The largest absolute Gasteiger partial charge is 0.393 e. The molecule has 0 spiro atoms. The molecule has 31 heavy (non-hydrogen) atoms. The molecule has 1 saturated heterocycles. The molecule has 0 aromatic carbocycles. The van der Waals surface area contributed by atoms with Crippen LogP contribution in [-0.4, -0.2) is 29.2 Å². The number of rotatable bonds is 7. The summed E-state index contributed by atoms with van der Waals surface area (Å²) in [5, 5.41) is 10.4. The minimum Gasteiger partial charge on any atom is -0.393 e. The van der Waals surface area contributed by atoms with Gasteiger partial charge in [0.15, 0.2) is 0 Å². The fourth-order valence-corrected chi connectivity index (χ4v) is 10.0. The third-order valence-corrected chi connectivity index (χ3v) is 11.5. The number of hydrogen-bond donors (Lipinski definition) is 1. The van der Waals surface area contributed by atoms with Gasteiger partial charge in [-0.15, -0.1) is 0 Å². The minimum absolute atomic E-state index is 0.114. The Morgan fingerprint density at radius 1 is 1.03 bits per heavy atom. The van der Waals surface area contributed by atoms with Crippen LogP contribution in [0.5, 0.6) is 0 Å². The average molecular weight is 455 g/mol. The van der Waals surface area contributed by atoms with Crippen molar-refractivity contribution in [1.29, 1.82) is 0 Å². The Balaban J connectivity index is 1.53. The molecule has 1 aliphatic heterocycles. The van der Waals surface area contributed by atoms with E-state index >= 15 is 0 Å². The van der Waals surface area contributed by atoms with Crippen LogP contribution in [0.15, 0.2) is 0 Å². The Bertz CT molecular complexity index is 628. The molecular formula is C27H47FO2S. The van der Waals surface area contributed by atoms with Gasteiger partial charge in [-0.2, -0.15) is 3.89 Å². The van der Waals surface area contributed by atoms with Gasteiger partial charge >= 0.3 is 0 Å². The third-order valence-electron chi connectivity index (χ3n) is 10.9. The molecule has 9 atom stereocenters. The van der Waals surface area contributed by atoms with Crippen molar-refractivity contribution in [3.8, 4) is 0 Å². The number of ether oxygens (including phenoxy) is 1. The molecule has 8 unspecified atom stereocenters. The first-order valence-corrected chi connectivity index (χ1v) is 14.1. The third kappa shape index (κ3) is 4.03. The van der Waals surface area contributed by atoms with Crippen LogP contribution < -0.4 is 0 Å². The molecule has 0 aromatic heterocycles. The molecule has 4 rings (SSSR count). The Morgan fingerprint density at radius 3 is 2.52 bits per heavy atom. The number of aliphatic hydroxyl groups is 1. The highest BCUT2D eigenvalue weighted by molar-refractivity contribution is 7.94. The standard InChI is InChI=1S/C27H47FO2S/c1-18(2)7-6-8-19(3)22-9-10-23-21-16-30-26(5)15-20(29)11-14-27(26,17-31-28)24(21)12-13-25(22,23)4/h18-24,29H,6-17H2,1-5H3/t19?,20?,21?,22?,23?,24?,25?,26?,27-/m0/s1. The molecule has 0 aromatic rings. The van der Waals surface area contributed by atoms with E-state index in [1.165, 1.54) is 44.9 Å². The zero-order chi connectivity index (χ0) is 22.4. The summed E-state index contributed by atoms with van der Waals surface area (Å²) in [6, 6.07) is 0.